The number of hydrogen-bond acceptors (Lipinski definition) is 2. The van der Waals surface area contributed by atoms with E-state index in [9.17, 15) is 0 Å². The number of rotatable bonds is 6. The predicted molar refractivity (Wildman–Crippen MR) is 83.4 cm³/mol. The molecule has 1 heterocycles. The molecule has 1 N–H and O–H groups in total. The van der Waals surface area contributed by atoms with Crippen LogP contribution < -0.4 is 5.32 Å². The van der Waals surface area contributed by atoms with Gasteiger partial charge in [0.05, 0.1) is 0 Å². The van der Waals surface area contributed by atoms with Crippen LogP contribution in [0.4, 0.5) is 0 Å². The predicted octanol–water partition coefficient (Wildman–Crippen LogP) is 3.52. The molecule has 0 bridgehead atoms. The summed E-state index contributed by atoms with van der Waals surface area (Å²) in [6.07, 6.45) is 8.60. The quantitative estimate of drug-likeness (QED) is 0.791. The van der Waals surface area contributed by atoms with Crippen molar-refractivity contribution >= 4 is 0 Å². The summed E-state index contributed by atoms with van der Waals surface area (Å²) >= 11 is 0. The molecule has 0 amide bonds. The van der Waals surface area contributed by atoms with Crippen molar-refractivity contribution in [1.82, 2.24) is 10.2 Å². The Balaban J connectivity index is 1.71. The highest BCUT2D eigenvalue weighted by Gasteiger charge is 2.27. The molecule has 0 radical (unpaired) electrons. The van der Waals surface area contributed by atoms with E-state index in [0.29, 0.717) is 0 Å². The molecular formula is C17H34N2. The van der Waals surface area contributed by atoms with Gasteiger partial charge in [0.2, 0.25) is 0 Å². The van der Waals surface area contributed by atoms with E-state index in [1.807, 2.05) is 0 Å². The van der Waals surface area contributed by atoms with Gasteiger partial charge in [0.25, 0.3) is 0 Å². The third-order valence-corrected chi connectivity index (χ3v) is 4.88. The van der Waals surface area contributed by atoms with Gasteiger partial charge in [-0.25, -0.2) is 0 Å². The highest BCUT2D eigenvalue weighted by atomic mass is 15.2. The Bertz CT molecular complexity index is 246. The Morgan fingerprint density at radius 2 is 1.89 bits per heavy atom. The van der Waals surface area contributed by atoms with Crippen molar-refractivity contribution in [3.8, 4) is 0 Å². The molecule has 0 spiro atoms. The van der Waals surface area contributed by atoms with Crippen LogP contribution in [-0.2, 0) is 0 Å². The number of nitrogens with one attached hydrogen (secondary N) is 1. The smallest absolute Gasteiger partial charge is 0.0198 e. The minimum absolute atomic E-state index is 0.740. The van der Waals surface area contributed by atoms with Gasteiger partial charge in [-0.3, -0.25) is 0 Å². The maximum Gasteiger partial charge on any atom is 0.0198 e. The molecule has 2 aliphatic rings. The fourth-order valence-electron chi connectivity index (χ4n) is 3.89. The Morgan fingerprint density at radius 1 is 1.16 bits per heavy atom. The zero-order valence-electron chi connectivity index (χ0n) is 13.3. The molecule has 1 aliphatic carbocycles. The molecule has 1 aliphatic heterocycles. The first-order valence-corrected chi connectivity index (χ1v) is 8.59. The molecule has 112 valence electrons. The minimum atomic E-state index is 0.740. The second-order valence-electron chi connectivity index (χ2n) is 7.54. The van der Waals surface area contributed by atoms with Gasteiger partial charge < -0.3 is 10.2 Å². The molecule has 2 fully saturated rings. The number of likely N-dealkylation sites (tertiary alicyclic amines) is 1. The second kappa shape index (κ2) is 7.64. The zero-order valence-corrected chi connectivity index (χ0v) is 13.3. The standard InChI is InChI=1S/C17H34N2/c1-14(2)8-9-18-17-10-15(3)11-19(13-17)12-16-6-4-5-7-16/h14-18H,4-13H2,1-3H3. The van der Waals surface area contributed by atoms with Crippen LogP contribution in [0, 0.1) is 17.8 Å². The van der Waals surface area contributed by atoms with Gasteiger partial charge in [0, 0.05) is 25.7 Å². The Kier molecular flexibility index (Phi) is 6.15. The Labute approximate surface area is 120 Å². The van der Waals surface area contributed by atoms with Crippen molar-refractivity contribution in [2.24, 2.45) is 17.8 Å². The van der Waals surface area contributed by atoms with Crippen molar-refractivity contribution in [2.75, 3.05) is 26.2 Å². The first-order valence-electron chi connectivity index (χ1n) is 8.59. The first kappa shape index (κ1) is 15.3. The van der Waals surface area contributed by atoms with E-state index in [2.05, 4.69) is 31.0 Å². The van der Waals surface area contributed by atoms with E-state index in [1.54, 1.807) is 0 Å². The first-order chi connectivity index (χ1) is 9.13. The van der Waals surface area contributed by atoms with E-state index in [-0.39, 0.29) is 0 Å². The number of piperidine rings is 1. The average molecular weight is 266 g/mol. The maximum atomic E-state index is 3.80. The van der Waals surface area contributed by atoms with Gasteiger partial charge in [0.15, 0.2) is 0 Å². The number of nitrogens with zero attached hydrogens (tertiary/aromatic N) is 1. The summed E-state index contributed by atoms with van der Waals surface area (Å²) in [6, 6.07) is 0.740. The Hall–Kier alpha value is -0.0800. The average Bonchev–Trinajstić information content (AvgIpc) is 2.80. The summed E-state index contributed by atoms with van der Waals surface area (Å²) in [5.41, 5.74) is 0. The highest BCUT2D eigenvalue weighted by Crippen LogP contribution is 2.27. The highest BCUT2D eigenvalue weighted by molar-refractivity contribution is 4.83. The monoisotopic (exact) mass is 266 g/mol. The zero-order chi connectivity index (χ0) is 13.7. The van der Waals surface area contributed by atoms with Crippen LogP contribution in [0.15, 0.2) is 0 Å². The van der Waals surface area contributed by atoms with Crippen LogP contribution in [0.25, 0.3) is 0 Å². The lowest BCUT2D eigenvalue weighted by Gasteiger charge is -2.38. The molecule has 0 aromatic carbocycles. The van der Waals surface area contributed by atoms with Gasteiger partial charge in [-0.05, 0) is 50.0 Å². The normalized spacial score (nSPS) is 30.3. The van der Waals surface area contributed by atoms with Crippen LogP contribution in [0.3, 0.4) is 0 Å². The summed E-state index contributed by atoms with van der Waals surface area (Å²) in [5, 5.41) is 3.80. The molecule has 2 heteroatoms. The summed E-state index contributed by atoms with van der Waals surface area (Å²) in [7, 11) is 0. The molecule has 2 unspecified atom stereocenters. The van der Waals surface area contributed by atoms with Crippen LogP contribution in [-0.4, -0.2) is 37.1 Å². The maximum absolute atomic E-state index is 3.80. The molecule has 2 nitrogen and oxygen atoms in total. The largest absolute Gasteiger partial charge is 0.313 e. The van der Waals surface area contributed by atoms with E-state index < -0.39 is 0 Å². The fourth-order valence-corrected chi connectivity index (χ4v) is 3.89. The van der Waals surface area contributed by atoms with Gasteiger partial charge >= 0.3 is 0 Å². The van der Waals surface area contributed by atoms with Gasteiger partial charge in [-0.2, -0.15) is 0 Å². The van der Waals surface area contributed by atoms with Crippen molar-refractivity contribution in [3.63, 3.8) is 0 Å². The Morgan fingerprint density at radius 3 is 2.58 bits per heavy atom. The van der Waals surface area contributed by atoms with Crippen LogP contribution >= 0.6 is 0 Å². The second-order valence-corrected chi connectivity index (χ2v) is 7.54. The molecule has 19 heavy (non-hydrogen) atoms. The fraction of sp³-hybridized carbons (Fsp3) is 1.00. The van der Waals surface area contributed by atoms with Crippen molar-refractivity contribution in [1.29, 1.82) is 0 Å². The molecule has 2 rings (SSSR count). The molecule has 2 atom stereocenters. The third-order valence-electron chi connectivity index (χ3n) is 4.88. The van der Waals surface area contributed by atoms with E-state index in [4.69, 9.17) is 0 Å². The van der Waals surface area contributed by atoms with Gasteiger partial charge in [-0.15, -0.1) is 0 Å². The summed E-state index contributed by atoms with van der Waals surface area (Å²) in [5.74, 6) is 2.69. The van der Waals surface area contributed by atoms with Crippen molar-refractivity contribution < 1.29 is 0 Å². The van der Waals surface area contributed by atoms with Crippen LogP contribution in [0.5, 0.6) is 0 Å². The van der Waals surface area contributed by atoms with Crippen molar-refractivity contribution in [2.45, 2.75) is 65.3 Å². The lowest BCUT2D eigenvalue weighted by atomic mass is 9.94. The molecule has 1 saturated heterocycles. The topological polar surface area (TPSA) is 15.3 Å². The van der Waals surface area contributed by atoms with Gasteiger partial charge in [0.1, 0.15) is 0 Å². The van der Waals surface area contributed by atoms with Crippen molar-refractivity contribution in [3.05, 3.63) is 0 Å². The molecule has 0 aromatic heterocycles. The summed E-state index contributed by atoms with van der Waals surface area (Å²) in [4.78, 5) is 2.75. The SMILES string of the molecule is CC(C)CCNC1CC(C)CN(CC2CCCC2)C1. The molecular weight excluding hydrogens is 232 g/mol. The van der Waals surface area contributed by atoms with Crippen LogP contribution in [0.1, 0.15) is 59.3 Å². The number of hydrogen-bond donors (Lipinski definition) is 1. The summed E-state index contributed by atoms with van der Waals surface area (Å²) in [6.45, 7) is 12.3. The summed E-state index contributed by atoms with van der Waals surface area (Å²) < 4.78 is 0. The molecule has 1 saturated carbocycles. The molecule has 0 aromatic rings. The third kappa shape index (κ3) is 5.43. The van der Waals surface area contributed by atoms with E-state index >= 15 is 0 Å². The minimum Gasteiger partial charge on any atom is -0.313 e. The van der Waals surface area contributed by atoms with E-state index in [1.165, 1.54) is 64.7 Å². The van der Waals surface area contributed by atoms with Gasteiger partial charge in [-0.1, -0.05) is 33.6 Å². The van der Waals surface area contributed by atoms with E-state index in [0.717, 1.165) is 23.8 Å². The lowest BCUT2D eigenvalue weighted by Crippen LogP contribution is -2.50. The van der Waals surface area contributed by atoms with Crippen LogP contribution in [0.2, 0.25) is 0 Å². The lowest BCUT2D eigenvalue weighted by molar-refractivity contribution is 0.130.